The molecule has 9 aromatic carbocycles. The van der Waals surface area contributed by atoms with E-state index in [1.165, 1.54) is 48.6 Å². The standard InChI is InChI=1S/C76H74N4OSi/c1-73(2,3)52-39-40-77-70(46-52)80-66-35-24-32-63-62-29-19-22-36-68(62)82(72(63)66,59-27-17-14-18-28-59)69-38-37-57(48-67(69)80)81-58-45-55(76(10,11)12)44-56(47-58)78-49-79(65-34-21-20-33-64(65)78)71-60(50-25-15-13-16-26-50)30-23-31-61(71)51-41-53(74(4,5)6)43-54(42-51)75(7,8)9/h13-48H,49H2,1-12H3/i13D,15D,16D,25D,26D. The Labute approximate surface area is 494 Å². The van der Waals surface area contributed by atoms with Crippen LogP contribution < -0.4 is 40.2 Å². The third-order valence-corrected chi connectivity index (χ3v) is 22.0. The highest BCUT2D eigenvalue weighted by Crippen LogP contribution is 2.52. The van der Waals surface area contributed by atoms with Gasteiger partial charge in [-0.3, -0.25) is 4.90 Å². The van der Waals surface area contributed by atoms with Crippen LogP contribution in [-0.4, -0.2) is 19.7 Å². The molecule has 0 bridgehead atoms. The highest BCUT2D eigenvalue weighted by Gasteiger charge is 2.55. The third kappa shape index (κ3) is 8.85. The van der Waals surface area contributed by atoms with E-state index in [1.54, 1.807) is 0 Å². The molecule has 1 unspecified atom stereocenters. The van der Waals surface area contributed by atoms with Crippen molar-refractivity contribution in [1.82, 2.24) is 4.98 Å². The van der Waals surface area contributed by atoms with Crippen molar-refractivity contribution in [3.8, 4) is 44.9 Å². The second kappa shape index (κ2) is 19.3. The number of pyridine rings is 1. The quantitative estimate of drug-likeness (QED) is 0.142. The monoisotopic (exact) mass is 1090 g/mol. The Kier molecular flexibility index (Phi) is 11.1. The molecule has 5 nitrogen and oxygen atoms in total. The lowest BCUT2D eigenvalue weighted by atomic mass is 9.78. The Balaban J connectivity index is 0.988. The molecule has 0 spiro atoms. The van der Waals surface area contributed by atoms with Crippen LogP contribution in [0.3, 0.4) is 0 Å². The van der Waals surface area contributed by atoms with Crippen molar-refractivity contribution in [2.45, 2.75) is 105 Å². The van der Waals surface area contributed by atoms with E-state index in [4.69, 9.17) is 13.8 Å². The minimum atomic E-state index is -2.94. The van der Waals surface area contributed by atoms with Gasteiger partial charge in [-0.15, -0.1) is 0 Å². The van der Waals surface area contributed by atoms with Gasteiger partial charge in [-0.1, -0.05) is 235 Å². The average molecular weight is 1090 g/mol. The normalized spacial score (nSPS) is 16.3. The second-order valence-corrected chi connectivity index (χ2v) is 30.2. The molecule has 3 aliphatic rings. The van der Waals surface area contributed by atoms with Crippen LogP contribution in [-0.2, 0) is 21.7 Å². The van der Waals surface area contributed by atoms with E-state index in [2.05, 4.69) is 262 Å². The zero-order valence-corrected chi connectivity index (χ0v) is 50.3. The fourth-order valence-electron chi connectivity index (χ4n) is 12.7. The number of fused-ring (bicyclic) bond motifs is 6. The Morgan fingerprint density at radius 1 is 0.439 bits per heavy atom. The first-order chi connectivity index (χ1) is 41.2. The Morgan fingerprint density at radius 2 is 1.02 bits per heavy atom. The Morgan fingerprint density at radius 3 is 1.72 bits per heavy atom. The summed E-state index contributed by atoms with van der Waals surface area (Å²) < 4.78 is 52.6. The van der Waals surface area contributed by atoms with Crippen molar-refractivity contribution in [1.29, 1.82) is 0 Å². The van der Waals surface area contributed by atoms with Crippen molar-refractivity contribution in [2.24, 2.45) is 0 Å². The number of ether oxygens (including phenoxy) is 1. The maximum atomic E-state index is 9.41. The number of hydrogen-bond acceptors (Lipinski definition) is 5. The average Bonchev–Trinajstić information content (AvgIpc) is 1.60. The summed E-state index contributed by atoms with van der Waals surface area (Å²) in [5.41, 5.74) is 14.7. The van der Waals surface area contributed by atoms with Crippen LogP contribution in [0.5, 0.6) is 11.5 Å². The molecule has 0 saturated carbocycles. The van der Waals surface area contributed by atoms with Crippen LogP contribution in [0.2, 0.25) is 0 Å². The summed E-state index contributed by atoms with van der Waals surface area (Å²) >= 11 is 0. The van der Waals surface area contributed by atoms with Gasteiger partial charge in [0.25, 0.3) is 0 Å². The molecule has 4 heterocycles. The van der Waals surface area contributed by atoms with E-state index in [1.807, 2.05) is 24.4 Å². The molecule has 408 valence electrons. The van der Waals surface area contributed by atoms with Crippen molar-refractivity contribution in [3.63, 3.8) is 0 Å². The molecule has 10 aromatic rings. The van der Waals surface area contributed by atoms with E-state index >= 15 is 0 Å². The molecule has 0 radical (unpaired) electrons. The lowest BCUT2D eigenvalue weighted by Crippen LogP contribution is -2.75. The maximum absolute atomic E-state index is 9.41. The summed E-state index contributed by atoms with van der Waals surface area (Å²) in [6.07, 6.45) is 1.95. The molecule has 82 heavy (non-hydrogen) atoms. The van der Waals surface area contributed by atoms with E-state index in [0.29, 0.717) is 23.7 Å². The molecule has 1 atom stereocenters. The molecule has 0 saturated heterocycles. The van der Waals surface area contributed by atoms with Gasteiger partial charge in [0.2, 0.25) is 0 Å². The second-order valence-electron chi connectivity index (χ2n) is 26.6. The van der Waals surface area contributed by atoms with Crippen LogP contribution in [0.25, 0.3) is 33.4 Å². The Bertz CT molecular complexity index is 4380. The fraction of sp³-hybridized carbons (Fsp3) is 0.224. The minimum Gasteiger partial charge on any atom is -0.457 e. The summed E-state index contributed by atoms with van der Waals surface area (Å²) in [6, 6.07) is 64.2. The molecular weight excluding hydrogens is 1010 g/mol. The van der Waals surface area contributed by atoms with Crippen LogP contribution in [0.15, 0.2) is 218 Å². The van der Waals surface area contributed by atoms with Gasteiger partial charge in [0, 0.05) is 40.8 Å². The SMILES string of the molecule is [2H]c1c([2H])c([2H])c(-c2cccc(-c3cc(C(C)(C)C)cc(C(C)(C)C)c3)c2N2CN(c3cc(Oc4ccc5c(c4)N(c4cc(C(C)(C)C)ccn4)c4cccc6c4[Si]5(c4ccccc4)c4ccccc4-6)cc(C(C)(C)C)c3)c3ccccc32)c([2H])c1[2H]. The van der Waals surface area contributed by atoms with Crippen LogP contribution in [0, 0.1) is 0 Å². The molecule has 0 aliphatic carbocycles. The van der Waals surface area contributed by atoms with Gasteiger partial charge in [-0.25, -0.2) is 4.98 Å². The molecular formula is C76H74N4OSi. The van der Waals surface area contributed by atoms with Crippen molar-refractivity contribution >= 4 is 68.8 Å². The molecule has 13 rings (SSSR count). The largest absolute Gasteiger partial charge is 0.457 e. The van der Waals surface area contributed by atoms with Gasteiger partial charge >= 0.3 is 0 Å². The van der Waals surface area contributed by atoms with Crippen molar-refractivity contribution in [2.75, 3.05) is 21.4 Å². The highest BCUT2D eigenvalue weighted by molar-refractivity contribution is 7.23. The third-order valence-electron chi connectivity index (χ3n) is 17.0. The molecule has 0 N–H and O–H groups in total. The molecule has 0 fully saturated rings. The lowest BCUT2D eigenvalue weighted by molar-refractivity contribution is 0.479. The molecule has 1 aromatic heterocycles. The Hall–Kier alpha value is -8.45. The minimum absolute atomic E-state index is 0.119. The fourth-order valence-corrected chi connectivity index (χ4v) is 18.2. The number of rotatable bonds is 8. The first kappa shape index (κ1) is 47.2. The first-order valence-electron chi connectivity index (χ1n) is 31.3. The maximum Gasteiger partial charge on any atom is 0.185 e. The predicted molar refractivity (Wildman–Crippen MR) is 349 cm³/mol. The summed E-state index contributed by atoms with van der Waals surface area (Å²) in [7, 11) is -2.94. The van der Waals surface area contributed by atoms with Crippen molar-refractivity contribution < 1.29 is 11.6 Å². The zero-order valence-electron chi connectivity index (χ0n) is 54.3. The van der Waals surface area contributed by atoms with Gasteiger partial charge in [0.15, 0.2) is 8.07 Å². The van der Waals surface area contributed by atoms with Gasteiger partial charge < -0.3 is 14.5 Å². The number of benzene rings is 9. The van der Waals surface area contributed by atoms with Gasteiger partial charge in [-0.05, 0) is 135 Å². The number of anilines is 7. The van der Waals surface area contributed by atoms with Gasteiger partial charge in [-0.2, -0.15) is 0 Å². The van der Waals surface area contributed by atoms with Crippen LogP contribution >= 0.6 is 0 Å². The first-order valence-corrected chi connectivity index (χ1v) is 30.8. The number of para-hydroxylation sites is 3. The number of aromatic nitrogens is 1. The lowest BCUT2D eigenvalue weighted by Gasteiger charge is -2.43. The highest BCUT2D eigenvalue weighted by atomic mass is 28.3. The number of nitrogens with zero attached hydrogens (tertiary/aromatic N) is 4. The predicted octanol–water partition coefficient (Wildman–Crippen LogP) is 17.8. The number of hydrogen-bond donors (Lipinski definition) is 0. The summed E-state index contributed by atoms with van der Waals surface area (Å²) in [4.78, 5) is 12.1. The molecule has 0 amide bonds. The topological polar surface area (TPSA) is 31.8 Å². The molecule has 3 aliphatic heterocycles. The van der Waals surface area contributed by atoms with E-state index < -0.39 is 14.1 Å². The van der Waals surface area contributed by atoms with Crippen LogP contribution in [0.4, 0.5) is 39.9 Å². The smallest absolute Gasteiger partial charge is 0.185 e. The van der Waals surface area contributed by atoms with E-state index in [-0.39, 0.29) is 51.4 Å². The summed E-state index contributed by atoms with van der Waals surface area (Å²) in [6.45, 7) is 27.2. The van der Waals surface area contributed by atoms with E-state index in [9.17, 15) is 2.74 Å². The summed E-state index contributed by atoms with van der Waals surface area (Å²) in [5.74, 6) is 2.22. The zero-order chi connectivity index (χ0) is 61.4. The van der Waals surface area contributed by atoms with E-state index in [0.717, 1.165) is 56.6 Å². The summed E-state index contributed by atoms with van der Waals surface area (Å²) in [5, 5.41) is 5.35. The van der Waals surface area contributed by atoms with Crippen molar-refractivity contribution in [3.05, 3.63) is 241 Å². The molecule has 6 heteroatoms. The van der Waals surface area contributed by atoms with Gasteiger partial charge in [0.1, 0.15) is 24.0 Å². The van der Waals surface area contributed by atoms with Crippen LogP contribution in [0.1, 0.15) is 112 Å². The van der Waals surface area contributed by atoms with Gasteiger partial charge in [0.05, 0.1) is 29.6 Å².